The van der Waals surface area contributed by atoms with Crippen LogP contribution in [0.2, 0.25) is 0 Å². The first-order chi connectivity index (χ1) is 15.1. The summed E-state index contributed by atoms with van der Waals surface area (Å²) in [5, 5.41) is 10.9. The van der Waals surface area contributed by atoms with Gasteiger partial charge >= 0.3 is 0 Å². The minimum atomic E-state index is -0.367. The normalized spacial score (nSPS) is 15.8. The lowest BCUT2D eigenvalue weighted by atomic mass is 10.1. The first kappa shape index (κ1) is 20.7. The van der Waals surface area contributed by atoms with E-state index in [-0.39, 0.29) is 35.8 Å². The van der Waals surface area contributed by atoms with Gasteiger partial charge < -0.3 is 10.2 Å². The molecule has 1 fully saturated rings. The largest absolute Gasteiger partial charge is 0.347 e. The molecule has 0 bridgehead atoms. The smallest absolute Gasteiger partial charge is 0.273 e. The third kappa shape index (κ3) is 5.14. The van der Waals surface area contributed by atoms with Gasteiger partial charge in [-0.05, 0) is 30.0 Å². The van der Waals surface area contributed by atoms with Crippen LogP contribution in [0.1, 0.15) is 34.5 Å². The van der Waals surface area contributed by atoms with Crippen LogP contribution in [0.5, 0.6) is 0 Å². The Morgan fingerprint density at radius 2 is 1.87 bits per heavy atom. The highest BCUT2D eigenvalue weighted by Crippen LogP contribution is 2.21. The highest BCUT2D eigenvalue weighted by molar-refractivity contribution is 5.91. The van der Waals surface area contributed by atoms with Crippen LogP contribution in [0.4, 0.5) is 4.39 Å². The van der Waals surface area contributed by atoms with Gasteiger partial charge in [-0.15, -0.1) is 5.10 Å². The Morgan fingerprint density at radius 1 is 1.10 bits per heavy atom. The van der Waals surface area contributed by atoms with Crippen molar-refractivity contribution in [2.24, 2.45) is 0 Å². The molecular formula is C23H24FN5O2. The highest BCUT2D eigenvalue weighted by atomic mass is 19.1. The first-order valence-corrected chi connectivity index (χ1v) is 10.4. The number of hydrogen-bond acceptors (Lipinski definition) is 4. The third-order valence-corrected chi connectivity index (χ3v) is 5.46. The molecule has 2 heterocycles. The lowest BCUT2D eigenvalue weighted by Crippen LogP contribution is -2.39. The number of nitrogens with zero attached hydrogens (tertiary/aromatic N) is 4. The molecule has 1 aliphatic heterocycles. The number of nitrogens with one attached hydrogen (secondary N) is 1. The van der Waals surface area contributed by atoms with Crippen LogP contribution < -0.4 is 5.32 Å². The fourth-order valence-corrected chi connectivity index (χ4v) is 3.84. The summed E-state index contributed by atoms with van der Waals surface area (Å²) in [4.78, 5) is 26.9. The Hall–Kier alpha value is -3.55. The monoisotopic (exact) mass is 421 g/mol. The summed E-state index contributed by atoms with van der Waals surface area (Å²) in [6.45, 7) is 1.49. The minimum absolute atomic E-state index is 0.0354. The molecule has 1 aliphatic rings. The number of hydrogen-bond donors (Lipinski definition) is 1. The van der Waals surface area contributed by atoms with Gasteiger partial charge in [0.25, 0.3) is 5.91 Å². The Bertz CT molecular complexity index is 1050. The van der Waals surface area contributed by atoms with E-state index in [0.29, 0.717) is 25.2 Å². The molecule has 0 saturated carbocycles. The molecule has 7 nitrogen and oxygen atoms in total. The average Bonchev–Trinajstić information content (AvgIpc) is 3.44. The Labute approximate surface area is 179 Å². The van der Waals surface area contributed by atoms with Crippen LogP contribution in [0.15, 0.2) is 60.8 Å². The predicted octanol–water partition coefficient (Wildman–Crippen LogP) is 2.58. The molecular weight excluding hydrogens is 397 g/mol. The number of likely N-dealkylation sites (tertiary alicyclic amines) is 1. The summed E-state index contributed by atoms with van der Waals surface area (Å²) in [5.74, 6) is -0.767. The van der Waals surface area contributed by atoms with Crippen LogP contribution in [-0.4, -0.2) is 44.3 Å². The van der Waals surface area contributed by atoms with Crippen molar-refractivity contribution in [2.75, 3.05) is 6.54 Å². The van der Waals surface area contributed by atoms with E-state index in [2.05, 4.69) is 15.6 Å². The maximum Gasteiger partial charge on any atom is 0.273 e. The summed E-state index contributed by atoms with van der Waals surface area (Å²) >= 11 is 0. The lowest BCUT2D eigenvalue weighted by Gasteiger charge is -2.24. The van der Waals surface area contributed by atoms with Crippen LogP contribution in [0.3, 0.4) is 0 Å². The molecule has 0 spiro atoms. The van der Waals surface area contributed by atoms with E-state index in [1.807, 2.05) is 30.3 Å². The summed E-state index contributed by atoms with van der Waals surface area (Å²) in [6, 6.07) is 15.9. The fourth-order valence-electron chi connectivity index (χ4n) is 3.84. The molecule has 1 aromatic heterocycles. The maximum absolute atomic E-state index is 13.9. The van der Waals surface area contributed by atoms with Crippen LogP contribution in [0.25, 0.3) is 0 Å². The topological polar surface area (TPSA) is 80.1 Å². The zero-order chi connectivity index (χ0) is 21.6. The van der Waals surface area contributed by atoms with Crippen molar-refractivity contribution in [3.8, 4) is 0 Å². The van der Waals surface area contributed by atoms with Gasteiger partial charge in [-0.25, -0.2) is 9.07 Å². The van der Waals surface area contributed by atoms with Crippen LogP contribution in [-0.2, 0) is 24.3 Å². The fraction of sp³-hybridized carbons (Fsp3) is 0.304. The number of benzene rings is 2. The number of amides is 2. The van der Waals surface area contributed by atoms with E-state index in [9.17, 15) is 14.0 Å². The van der Waals surface area contributed by atoms with Gasteiger partial charge in [-0.2, -0.15) is 0 Å². The second-order valence-electron chi connectivity index (χ2n) is 7.65. The van der Waals surface area contributed by atoms with Gasteiger partial charge in [-0.3, -0.25) is 9.59 Å². The predicted molar refractivity (Wildman–Crippen MR) is 112 cm³/mol. The second-order valence-corrected chi connectivity index (χ2v) is 7.65. The molecule has 1 N–H and O–H groups in total. The quantitative estimate of drug-likeness (QED) is 0.636. The van der Waals surface area contributed by atoms with Gasteiger partial charge in [0, 0.05) is 13.1 Å². The second kappa shape index (κ2) is 9.51. The summed E-state index contributed by atoms with van der Waals surface area (Å²) in [6.07, 6.45) is 3.34. The minimum Gasteiger partial charge on any atom is -0.347 e. The van der Waals surface area contributed by atoms with E-state index >= 15 is 0 Å². The molecule has 4 rings (SSSR count). The molecule has 31 heavy (non-hydrogen) atoms. The molecule has 8 heteroatoms. The van der Waals surface area contributed by atoms with Crippen molar-refractivity contribution in [1.29, 1.82) is 0 Å². The number of carbonyl (C=O) groups excluding carboxylic acids is 2. The van der Waals surface area contributed by atoms with Gasteiger partial charge in [0.15, 0.2) is 5.69 Å². The first-order valence-electron chi connectivity index (χ1n) is 10.4. The van der Waals surface area contributed by atoms with Crippen molar-refractivity contribution >= 4 is 11.8 Å². The number of halogens is 1. The number of aromatic nitrogens is 3. The van der Waals surface area contributed by atoms with E-state index in [0.717, 1.165) is 18.4 Å². The van der Waals surface area contributed by atoms with Crippen molar-refractivity contribution in [3.05, 3.63) is 83.4 Å². The van der Waals surface area contributed by atoms with E-state index in [4.69, 9.17) is 0 Å². The molecule has 0 unspecified atom stereocenters. The van der Waals surface area contributed by atoms with Crippen molar-refractivity contribution in [2.45, 2.75) is 38.4 Å². The van der Waals surface area contributed by atoms with Crippen LogP contribution >= 0.6 is 0 Å². The molecule has 1 atom stereocenters. The van der Waals surface area contributed by atoms with Gasteiger partial charge in [-0.1, -0.05) is 53.7 Å². The van der Waals surface area contributed by atoms with Gasteiger partial charge in [0.2, 0.25) is 5.91 Å². The number of carbonyl (C=O) groups is 2. The maximum atomic E-state index is 13.9. The lowest BCUT2D eigenvalue weighted by molar-refractivity contribution is -0.131. The highest BCUT2D eigenvalue weighted by Gasteiger charge is 2.29. The Morgan fingerprint density at radius 3 is 2.68 bits per heavy atom. The average molecular weight is 421 g/mol. The van der Waals surface area contributed by atoms with Crippen molar-refractivity contribution in [1.82, 2.24) is 25.2 Å². The van der Waals surface area contributed by atoms with E-state index < -0.39 is 0 Å². The Kier molecular flexibility index (Phi) is 6.35. The van der Waals surface area contributed by atoms with Crippen molar-refractivity contribution < 1.29 is 14.0 Å². The third-order valence-electron chi connectivity index (χ3n) is 5.46. The molecule has 0 aliphatic carbocycles. The summed E-state index contributed by atoms with van der Waals surface area (Å²) in [5.41, 5.74) is 1.63. The van der Waals surface area contributed by atoms with Gasteiger partial charge in [0.05, 0.1) is 25.2 Å². The molecule has 1 saturated heterocycles. The SMILES string of the molecule is O=C(NCc1ccccc1)c1cn(C[C@@H]2CCCN2C(=O)Cc2ccccc2F)nn1. The molecule has 3 aromatic rings. The molecule has 2 amide bonds. The zero-order valence-corrected chi connectivity index (χ0v) is 17.1. The molecule has 2 aromatic carbocycles. The molecule has 160 valence electrons. The summed E-state index contributed by atoms with van der Waals surface area (Å²) < 4.78 is 15.5. The summed E-state index contributed by atoms with van der Waals surface area (Å²) in [7, 11) is 0. The van der Waals surface area contributed by atoms with Crippen LogP contribution in [0, 0.1) is 5.82 Å². The van der Waals surface area contributed by atoms with E-state index in [1.165, 1.54) is 6.07 Å². The standard InChI is InChI=1S/C23H24FN5O2/c24-20-11-5-4-9-18(20)13-22(30)29-12-6-10-19(29)15-28-16-21(26-27-28)23(31)25-14-17-7-2-1-3-8-17/h1-5,7-9,11,16,19H,6,10,12-15H2,(H,25,31)/t19-/m0/s1. The number of rotatable bonds is 7. The zero-order valence-electron chi connectivity index (χ0n) is 17.1. The van der Waals surface area contributed by atoms with E-state index in [1.54, 1.807) is 34.0 Å². The Balaban J connectivity index is 1.34. The molecule has 0 radical (unpaired) electrons. The van der Waals surface area contributed by atoms with Crippen molar-refractivity contribution in [3.63, 3.8) is 0 Å². The van der Waals surface area contributed by atoms with Gasteiger partial charge in [0.1, 0.15) is 5.82 Å².